The number of hydrogen-bond donors (Lipinski definition) is 1. The molecule has 0 heterocycles. The van der Waals surface area contributed by atoms with Gasteiger partial charge in [-0.15, -0.1) is 0 Å². The van der Waals surface area contributed by atoms with E-state index >= 15 is 0 Å². The summed E-state index contributed by atoms with van der Waals surface area (Å²) < 4.78 is 59.8. The highest BCUT2D eigenvalue weighted by atomic mass is 32.2. The van der Waals surface area contributed by atoms with E-state index in [1.54, 1.807) is 0 Å². The van der Waals surface area contributed by atoms with E-state index in [4.69, 9.17) is 4.55 Å². The third kappa shape index (κ3) is 1.83. The Balaban J connectivity index is 3.55. The van der Waals surface area contributed by atoms with Crippen LogP contribution in [0.15, 0.2) is 17.0 Å². The van der Waals surface area contributed by atoms with Crippen LogP contribution >= 0.6 is 0 Å². The van der Waals surface area contributed by atoms with Gasteiger partial charge in [0.15, 0.2) is 11.6 Å². The van der Waals surface area contributed by atoms with Gasteiger partial charge in [-0.2, -0.15) is 12.8 Å². The number of rotatable bonds is 2. The molecule has 0 aliphatic heterocycles. The number of methoxy groups -OCH3 is 1. The van der Waals surface area contributed by atoms with Crippen molar-refractivity contribution in [3.8, 4) is 5.75 Å². The average molecular weight is 224 g/mol. The predicted molar refractivity (Wildman–Crippen MR) is 42.7 cm³/mol. The Hall–Kier alpha value is -1.21. The van der Waals surface area contributed by atoms with Crippen LogP contribution in [0.1, 0.15) is 0 Å². The van der Waals surface area contributed by atoms with Crippen molar-refractivity contribution >= 4 is 10.1 Å². The van der Waals surface area contributed by atoms with Gasteiger partial charge in [-0.25, -0.2) is 4.39 Å². The molecule has 0 saturated carbocycles. The number of benzene rings is 1. The molecule has 0 bridgehead atoms. The van der Waals surface area contributed by atoms with E-state index in [1.807, 2.05) is 0 Å². The van der Waals surface area contributed by atoms with E-state index in [2.05, 4.69) is 4.74 Å². The molecule has 0 unspecified atom stereocenters. The first-order valence-corrected chi connectivity index (χ1v) is 4.81. The molecule has 1 aromatic rings. The van der Waals surface area contributed by atoms with Crippen LogP contribution in [0.3, 0.4) is 0 Å². The molecule has 1 aromatic carbocycles. The van der Waals surface area contributed by atoms with Crippen LogP contribution in [0.5, 0.6) is 5.75 Å². The zero-order valence-electron chi connectivity index (χ0n) is 6.99. The third-order valence-electron chi connectivity index (χ3n) is 1.50. The first-order chi connectivity index (χ1) is 6.38. The molecule has 0 amide bonds. The highest BCUT2D eigenvalue weighted by molar-refractivity contribution is 7.86. The maximum absolute atomic E-state index is 12.9. The second-order valence-electron chi connectivity index (χ2n) is 2.37. The van der Waals surface area contributed by atoms with E-state index in [9.17, 15) is 17.2 Å². The molecule has 4 nitrogen and oxygen atoms in total. The second-order valence-corrected chi connectivity index (χ2v) is 3.76. The van der Waals surface area contributed by atoms with Gasteiger partial charge in [-0.05, 0) is 12.1 Å². The average Bonchev–Trinajstić information content (AvgIpc) is 2.07. The van der Waals surface area contributed by atoms with Gasteiger partial charge in [0.1, 0.15) is 4.90 Å². The molecule has 0 saturated heterocycles. The van der Waals surface area contributed by atoms with Crippen molar-refractivity contribution in [3.63, 3.8) is 0 Å². The molecule has 7 heteroatoms. The topological polar surface area (TPSA) is 63.6 Å². The summed E-state index contributed by atoms with van der Waals surface area (Å²) in [5, 5.41) is 0. The van der Waals surface area contributed by atoms with Gasteiger partial charge in [0, 0.05) is 0 Å². The lowest BCUT2D eigenvalue weighted by Crippen LogP contribution is -2.04. The summed E-state index contributed by atoms with van der Waals surface area (Å²) in [4.78, 5) is -0.807. The normalized spacial score (nSPS) is 11.4. The quantitative estimate of drug-likeness (QED) is 0.767. The van der Waals surface area contributed by atoms with Crippen LogP contribution in [-0.2, 0) is 10.1 Å². The van der Waals surface area contributed by atoms with Crippen molar-refractivity contribution in [2.75, 3.05) is 7.11 Å². The number of hydrogen-bond acceptors (Lipinski definition) is 3. The van der Waals surface area contributed by atoms with Crippen LogP contribution < -0.4 is 4.74 Å². The Bertz CT molecular complexity index is 455. The number of halogens is 2. The molecule has 0 aromatic heterocycles. The number of ether oxygens (including phenoxy) is 1. The van der Waals surface area contributed by atoms with Gasteiger partial charge in [0.25, 0.3) is 10.1 Å². The minimum absolute atomic E-state index is 0.584. The second kappa shape index (κ2) is 3.50. The van der Waals surface area contributed by atoms with Gasteiger partial charge in [-0.3, -0.25) is 4.55 Å². The van der Waals surface area contributed by atoms with Crippen molar-refractivity contribution in [2.24, 2.45) is 0 Å². The fourth-order valence-electron chi connectivity index (χ4n) is 0.908. The Morgan fingerprint density at radius 3 is 2.36 bits per heavy atom. The predicted octanol–water partition coefficient (Wildman–Crippen LogP) is 1.22. The zero-order valence-corrected chi connectivity index (χ0v) is 7.81. The molecule has 14 heavy (non-hydrogen) atoms. The van der Waals surface area contributed by atoms with Gasteiger partial charge in [-0.1, -0.05) is 0 Å². The standard InChI is InChI=1S/C7H6F2O4S/c1-13-7-5(14(10,11)12)3-2-4(8)6(7)9/h2-3H,1H3,(H,10,11,12). The molecule has 0 aliphatic carbocycles. The lowest BCUT2D eigenvalue weighted by molar-refractivity contribution is 0.357. The van der Waals surface area contributed by atoms with Gasteiger partial charge in [0.2, 0.25) is 5.82 Å². The molecule has 0 atom stereocenters. The first-order valence-electron chi connectivity index (χ1n) is 3.37. The summed E-state index contributed by atoms with van der Waals surface area (Å²) in [5.74, 6) is -3.55. The molecular weight excluding hydrogens is 218 g/mol. The fraction of sp³-hybridized carbons (Fsp3) is 0.143. The van der Waals surface area contributed by atoms with E-state index < -0.39 is 32.4 Å². The Morgan fingerprint density at radius 1 is 1.36 bits per heavy atom. The van der Waals surface area contributed by atoms with E-state index in [0.717, 1.165) is 7.11 Å². The van der Waals surface area contributed by atoms with Crippen LogP contribution in [0.2, 0.25) is 0 Å². The molecule has 0 aliphatic rings. The first kappa shape index (κ1) is 10.9. The monoisotopic (exact) mass is 224 g/mol. The largest absolute Gasteiger partial charge is 0.492 e. The summed E-state index contributed by atoms with van der Waals surface area (Å²) >= 11 is 0. The van der Waals surface area contributed by atoms with Gasteiger partial charge in [0.05, 0.1) is 7.11 Å². The molecule has 1 rings (SSSR count). The van der Waals surface area contributed by atoms with Crippen LogP contribution in [0, 0.1) is 11.6 Å². The lowest BCUT2D eigenvalue weighted by atomic mass is 10.3. The van der Waals surface area contributed by atoms with Crippen molar-refractivity contribution in [3.05, 3.63) is 23.8 Å². The smallest absolute Gasteiger partial charge is 0.298 e. The van der Waals surface area contributed by atoms with Crippen LogP contribution in [0.25, 0.3) is 0 Å². The van der Waals surface area contributed by atoms with Crippen LogP contribution in [-0.4, -0.2) is 20.1 Å². The lowest BCUT2D eigenvalue weighted by Gasteiger charge is -2.06. The molecule has 78 valence electrons. The Kier molecular flexibility index (Phi) is 2.72. The molecule has 0 radical (unpaired) electrons. The van der Waals surface area contributed by atoms with Gasteiger partial charge >= 0.3 is 0 Å². The van der Waals surface area contributed by atoms with Gasteiger partial charge < -0.3 is 4.74 Å². The van der Waals surface area contributed by atoms with Crippen molar-refractivity contribution < 1.29 is 26.5 Å². The van der Waals surface area contributed by atoms with E-state index in [0.29, 0.717) is 12.1 Å². The summed E-state index contributed by atoms with van der Waals surface area (Å²) in [6.45, 7) is 0. The minimum atomic E-state index is -4.62. The van der Waals surface area contributed by atoms with Crippen molar-refractivity contribution in [2.45, 2.75) is 4.90 Å². The maximum atomic E-state index is 12.9. The SMILES string of the molecule is COc1c(S(=O)(=O)O)ccc(F)c1F. The maximum Gasteiger partial charge on any atom is 0.298 e. The Labute approximate surface area is 78.9 Å². The summed E-state index contributed by atoms with van der Waals surface area (Å²) in [6, 6.07) is 1.30. The summed E-state index contributed by atoms with van der Waals surface area (Å²) in [5.41, 5.74) is 0. The van der Waals surface area contributed by atoms with Crippen molar-refractivity contribution in [1.82, 2.24) is 0 Å². The highest BCUT2D eigenvalue weighted by Gasteiger charge is 2.22. The van der Waals surface area contributed by atoms with E-state index in [-0.39, 0.29) is 0 Å². The highest BCUT2D eigenvalue weighted by Crippen LogP contribution is 2.28. The molecular formula is C7H6F2O4S. The molecule has 0 spiro atoms. The molecule has 0 fully saturated rings. The minimum Gasteiger partial charge on any atom is -0.492 e. The van der Waals surface area contributed by atoms with Crippen molar-refractivity contribution in [1.29, 1.82) is 0 Å². The van der Waals surface area contributed by atoms with E-state index in [1.165, 1.54) is 0 Å². The molecule has 1 N–H and O–H groups in total. The fourth-order valence-corrected chi connectivity index (χ4v) is 1.55. The third-order valence-corrected chi connectivity index (χ3v) is 2.37. The zero-order chi connectivity index (χ0) is 10.9. The van der Waals surface area contributed by atoms with Crippen LogP contribution in [0.4, 0.5) is 8.78 Å². The summed E-state index contributed by atoms with van der Waals surface area (Å²) in [7, 11) is -3.65. The summed E-state index contributed by atoms with van der Waals surface area (Å²) in [6.07, 6.45) is 0. The Morgan fingerprint density at radius 2 is 1.93 bits per heavy atom.